The highest BCUT2D eigenvalue weighted by Crippen LogP contribution is 1.99. The average molecular weight is 170 g/mol. The van der Waals surface area contributed by atoms with Gasteiger partial charge >= 0.3 is 6.03 Å². The highest BCUT2D eigenvalue weighted by molar-refractivity contribution is 6.29. The lowest BCUT2D eigenvalue weighted by Crippen LogP contribution is -2.52. The molecule has 0 unspecified atom stereocenters. The largest absolute Gasteiger partial charge is 0.385 e. The number of amides is 4. The molecule has 0 aromatic rings. The Hall–Kier alpha value is -2.05. The minimum absolute atomic E-state index is 0.419. The molecule has 1 fully saturated rings. The van der Waals surface area contributed by atoms with Crippen molar-refractivity contribution in [1.29, 1.82) is 0 Å². The molecule has 1 rings (SSSR count). The number of urea groups is 1. The second kappa shape index (κ2) is 2.53. The van der Waals surface area contributed by atoms with Crippen molar-refractivity contribution in [2.45, 2.75) is 0 Å². The summed E-state index contributed by atoms with van der Waals surface area (Å²) >= 11 is 0. The van der Waals surface area contributed by atoms with E-state index in [1.165, 1.54) is 0 Å². The summed E-state index contributed by atoms with van der Waals surface area (Å²) < 4.78 is 0. The Kier molecular flexibility index (Phi) is 1.70. The zero-order valence-corrected chi connectivity index (χ0v) is 5.88. The molecule has 7 heteroatoms. The Morgan fingerprint density at radius 1 is 1.00 bits per heavy atom. The summed E-state index contributed by atoms with van der Waals surface area (Å²) in [6.45, 7) is 0. The summed E-state index contributed by atoms with van der Waals surface area (Å²) in [6, 6.07) is -0.880. The Bertz CT molecular complexity index is 280. The van der Waals surface area contributed by atoms with Crippen molar-refractivity contribution in [1.82, 2.24) is 10.6 Å². The summed E-state index contributed by atoms with van der Waals surface area (Å²) in [5, 5.41) is 3.63. The van der Waals surface area contributed by atoms with Crippen molar-refractivity contribution in [3.8, 4) is 0 Å². The number of hydrogen-bond donors (Lipinski definition) is 4. The first kappa shape index (κ1) is 8.05. The summed E-state index contributed by atoms with van der Waals surface area (Å²) in [4.78, 5) is 32.2. The second-order valence-corrected chi connectivity index (χ2v) is 2.07. The molecule has 0 aromatic carbocycles. The van der Waals surface area contributed by atoms with Gasteiger partial charge in [-0.25, -0.2) is 4.79 Å². The summed E-state index contributed by atoms with van der Waals surface area (Å²) in [7, 11) is 0. The van der Waals surface area contributed by atoms with Gasteiger partial charge in [-0.2, -0.15) is 0 Å². The van der Waals surface area contributed by atoms with E-state index in [0.717, 1.165) is 0 Å². The number of imide groups is 2. The minimum atomic E-state index is -0.885. The van der Waals surface area contributed by atoms with Gasteiger partial charge in [-0.1, -0.05) is 0 Å². The number of barbiturate groups is 1. The maximum absolute atomic E-state index is 10.8. The lowest BCUT2D eigenvalue weighted by atomic mass is 10.2. The summed E-state index contributed by atoms with van der Waals surface area (Å²) in [6.07, 6.45) is 0. The van der Waals surface area contributed by atoms with Gasteiger partial charge in [-0.05, 0) is 0 Å². The molecule has 1 aliphatic heterocycles. The van der Waals surface area contributed by atoms with Crippen LogP contribution in [0.15, 0.2) is 11.4 Å². The fraction of sp³-hybridized carbons (Fsp3) is 0. The molecule has 1 saturated heterocycles. The van der Waals surface area contributed by atoms with Crippen LogP contribution in [0.5, 0.6) is 0 Å². The van der Waals surface area contributed by atoms with Crippen LogP contribution in [0.2, 0.25) is 0 Å². The van der Waals surface area contributed by atoms with Crippen molar-refractivity contribution in [2.75, 3.05) is 0 Å². The molecule has 0 atom stereocenters. The summed E-state index contributed by atoms with van der Waals surface area (Å²) in [5.74, 6) is -2.19. The van der Waals surface area contributed by atoms with Crippen molar-refractivity contribution in [3.05, 3.63) is 11.4 Å². The third-order valence-corrected chi connectivity index (χ3v) is 1.20. The third kappa shape index (κ3) is 1.19. The van der Waals surface area contributed by atoms with Crippen LogP contribution >= 0.6 is 0 Å². The molecule has 1 heterocycles. The fourth-order valence-electron chi connectivity index (χ4n) is 0.728. The van der Waals surface area contributed by atoms with Gasteiger partial charge in [0.15, 0.2) is 0 Å². The highest BCUT2D eigenvalue weighted by Gasteiger charge is 2.29. The van der Waals surface area contributed by atoms with E-state index in [1.54, 1.807) is 0 Å². The first-order valence-corrected chi connectivity index (χ1v) is 2.94. The van der Waals surface area contributed by atoms with E-state index in [4.69, 9.17) is 11.5 Å². The third-order valence-electron chi connectivity index (χ3n) is 1.20. The Labute approximate surface area is 66.8 Å². The van der Waals surface area contributed by atoms with Gasteiger partial charge in [-0.3, -0.25) is 20.2 Å². The highest BCUT2D eigenvalue weighted by atomic mass is 16.2. The monoisotopic (exact) mass is 170 g/mol. The first-order valence-electron chi connectivity index (χ1n) is 2.94. The van der Waals surface area contributed by atoms with E-state index in [-0.39, 0.29) is 0 Å². The van der Waals surface area contributed by atoms with E-state index in [0.29, 0.717) is 0 Å². The van der Waals surface area contributed by atoms with Crippen molar-refractivity contribution in [2.24, 2.45) is 11.5 Å². The maximum Gasteiger partial charge on any atom is 0.328 e. The number of carbonyl (C=O) groups excluding carboxylic acids is 3. The second-order valence-electron chi connectivity index (χ2n) is 2.07. The van der Waals surface area contributed by atoms with Gasteiger partial charge in [-0.15, -0.1) is 0 Å². The van der Waals surface area contributed by atoms with Crippen LogP contribution in [0.3, 0.4) is 0 Å². The smallest absolute Gasteiger partial charge is 0.328 e. The van der Waals surface area contributed by atoms with Gasteiger partial charge in [0.25, 0.3) is 11.8 Å². The van der Waals surface area contributed by atoms with E-state index in [9.17, 15) is 14.4 Å². The molecule has 1 aliphatic rings. The molecule has 0 bridgehead atoms. The number of hydrogen-bond acceptors (Lipinski definition) is 5. The predicted molar refractivity (Wildman–Crippen MR) is 37.1 cm³/mol. The first-order chi connectivity index (χ1) is 5.52. The number of nitrogens with one attached hydrogen (secondary N) is 2. The molecule has 7 nitrogen and oxygen atoms in total. The molecule has 0 aromatic heterocycles. The van der Waals surface area contributed by atoms with E-state index in [1.807, 2.05) is 10.6 Å². The van der Waals surface area contributed by atoms with E-state index >= 15 is 0 Å². The van der Waals surface area contributed by atoms with Crippen LogP contribution in [-0.4, -0.2) is 17.8 Å². The molecule has 0 spiro atoms. The number of nitrogens with two attached hydrogens (primary N) is 2. The number of rotatable bonds is 0. The lowest BCUT2D eigenvalue weighted by Gasteiger charge is -2.14. The van der Waals surface area contributed by atoms with Crippen LogP contribution in [0.1, 0.15) is 0 Å². The topological polar surface area (TPSA) is 127 Å². The Morgan fingerprint density at radius 3 is 1.75 bits per heavy atom. The van der Waals surface area contributed by atoms with Crippen LogP contribution in [-0.2, 0) is 9.59 Å². The minimum Gasteiger partial charge on any atom is -0.385 e. The maximum atomic E-state index is 10.8. The molecular weight excluding hydrogens is 164 g/mol. The Balaban J connectivity index is 3.05. The molecule has 4 amide bonds. The van der Waals surface area contributed by atoms with Crippen LogP contribution in [0, 0.1) is 0 Å². The average Bonchev–Trinajstić information content (AvgIpc) is 1.82. The van der Waals surface area contributed by atoms with Crippen LogP contribution in [0.4, 0.5) is 4.79 Å². The SMILES string of the molecule is NC(N)=C1C(=O)NC(=O)NC1=O. The Morgan fingerprint density at radius 2 is 1.42 bits per heavy atom. The number of carbonyl (C=O) groups is 3. The predicted octanol–water partition coefficient (Wildman–Crippen LogP) is -2.52. The zero-order valence-electron chi connectivity index (χ0n) is 5.88. The van der Waals surface area contributed by atoms with Gasteiger partial charge < -0.3 is 11.5 Å². The van der Waals surface area contributed by atoms with Gasteiger partial charge in [0.2, 0.25) is 0 Å². The van der Waals surface area contributed by atoms with Crippen molar-refractivity contribution < 1.29 is 14.4 Å². The van der Waals surface area contributed by atoms with Crippen LogP contribution < -0.4 is 22.1 Å². The van der Waals surface area contributed by atoms with Crippen molar-refractivity contribution >= 4 is 17.8 Å². The van der Waals surface area contributed by atoms with Crippen LogP contribution in [0.25, 0.3) is 0 Å². The quantitative estimate of drug-likeness (QED) is 0.235. The van der Waals surface area contributed by atoms with E-state index in [2.05, 4.69) is 0 Å². The molecule has 0 saturated carbocycles. The standard InChI is InChI=1S/C5H6N4O3/c6-2(7)1-3(10)8-5(12)9-4(1)11/h6-7H2,(H2,8,9,10,11,12). The molecular formula is C5H6N4O3. The molecule has 64 valence electrons. The van der Waals surface area contributed by atoms with Gasteiger partial charge in [0.1, 0.15) is 11.4 Å². The summed E-state index contributed by atoms with van der Waals surface area (Å²) in [5.41, 5.74) is 9.60. The molecule has 0 aliphatic carbocycles. The van der Waals surface area contributed by atoms with Gasteiger partial charge in [0.05, 0.1) is 0 Å². The molecule has 12 heavy (non-hydrogen) atoms. The molecule has 0 radical (unpaired) electrons. The zero-order chi connectivity index (χ0) is 9.30. The van der Waals surface area contributed by atoms with E-state index < -0.39 is 29.2 Å². The fourth-order valence-corrected chi connectivity index (χ4v) is 0.728. The lowest BCUT2D eigenvalue weighted by molar-refractivity contribution is -0.124. The van der Waals surface area contributed by atoms with Crippen molar-refractivity contribution in [3.63, 3.8) is 0 Å². The van der Waals surface area contributed by atoms with Gasteiger partial charge in [0, 0.05) is 0 Å². The molecule has 6 N–H and O–H groups in total. The normalized spacial score (nSPS) is 17.0.